The number of halogens is 1. The van der Waals surface area contributed by atoms with Crippen LogP contribution in [0, 0.1) is 11.7 Å². The highest BCUT2D eigenvalue weighted by Crippen LogP contribution is 2.20. The average molecular weight is 291 g/mol. The molecule has 0 spiro atoms. The van der Waals surface area contributed by atoms with E-state index in [1.807, 2.05) is 0 Å². The van der Waals surface area contributed by atoms with Gasteiger partial charge in [0.25, 0.3) is 0 Å². The third-order valence-electron chi connectivity index (χ3n) is 3.68. The number of nitrogens with zero attached hydrogens (tertiary/aromatic N) is 1. The number of carbonyl (C=O) groups is 2. The number of likely N-dealkylation sites (tertiary alicyclic amines) is 1. The summed E-state index contributed by atoms with van der Waals surface area (Å²) in [6.45, 7) is 1.18. The number of hydrogen-bond donors (Lipinski definition) is 1. The molecule has 2 rings (SSSR count). The molecule has 1 aliphatic heterocycles. The van der Waals surface area contributed by atoms with Crippen LogP contribution >= 0.6 is 0 Å². The predicted octanol–water partition coefficient (Wildman–Crippen LogP) is 2.55. The van der Waals surface area contributed by atoms with E-state index in [1.54, 1.807) is 23.1 Å². The highest BCUT2D eigenvalue weighted by atomic mass is 19.1. The number of rotatable bonds is 4. The van der Waals surface area contributed by atoms with Gasteiger partial charge >= 0.3 is 5.97 Å². The van der Waals surface area contributed by atoms with Crippen LogP contribution < -0.4 is 0 Å². The Morgan fingerprint density at radius 2 is 1.86 bits per heavy atom. The van der Waals surface area contributed by atoms with Crippen LogP contribution in [-0.4, -0.2) is 35.0 Å². The minimum Gasteiger partial charge on any atom is -0.481 e. The fourth-order valence-corrected chi connectivity index (χ4v) is 2.45. The summed E-state index contributed by atoms with van der Waals surface area (Å²) in [6, 6.07) is 5.92. The summed E-state index contributed by atoms with van der Waals surface area (Å²) < 4.78 is 12.8. The lowest BCUT2D eigenvalue weighted by molar-refractivity contribution is -0.138. The van der Waals surface area contributed by atoms with Gasteiger partial charge in [-0.15, -0.1) is 0 Å². The van der Waals surface area contributed by atoms with Gasteiger partial charge < -0.3 is 10.0 Å². The first-order chi connectivity index (χ1) is 10.0. The van der Waals surface area contributed by atoms with Crippen molar-refractivity contribution in [3.63, 3.8) is 0 Å². The smallest absolute Gasteiger partial charge is 0.303 e. The Labute approximate surface area is 122 Å². The molecule has 21 heavy (non-hydrogen) atoms. The van der Waals surface area contributed by atoms with Gasteiger partial charge in [0, 0.05) is 25.6 Å². The standard InChI is InChI=1S/C16H18FNO3/c17-14-4-1-12(2-5-14)3-6-15(19)18-9-7-13(8-10-18)11-16(20)21/h1-6,13H,7-11H2,(H,20,21). The van der Waals surface area contributed by atoms with Crippen LogP contribution in [0.5, 0.6) is 0 Å². The second-order valence-electron chi connectivity index (χ2n) is 5.25. The van der Waals surface area contributed by atoms with Crippen LogP contribution in [0.15, 0.2) is 30.3 Å². The molecule has 1 heterocycles. The topological polar surface area (TPSA) is 57.6 Å². The van der Waals surface area contributed by atoms with Crippen molar-refractivity contribution in [3.8, 4) is 0 Å². The Balaban J connectivity index is 1.84. The quantitative estimate of drug-likeness (QED) is 0.867. The van der Waals surface area contributed by atoms with Gasteiger partial charge in [-0.1, -0.05) is 12.1 Å². The molecule has 0 radical (unpaired) electrons. The van der Waals surface area contributed by atoms with E-state index >= 15 is 0 Å². The fraction of sp³-hybridized carbons (Fsp3) is 0.375. The molecule has 1 aliphatic rings. The van der Waals surface area contributed by atoms with E-state index in [1.165, 1.54) is 18.2 Å². The molecule has 1 amide bonds. The normalized spacial score (nSPS) is 16.3. The monoisotopic (exact) mass is 291 g/mol. The highest BCUT2D eigenvalue weighted by Gasteiger charge is 2.23. The van der Waals surface area contributed by atoms with E-state index in [4.69, 9.17) is 5.11 Å². The Kier molecular flexibility index (Phi) is 5.09. The van der Waals surface area contributed by atoms with Gasteiger partial charge in [-0.05, 0) is 42.5 Å². The molecule has 5 heteroatoms. The lowest BCUT2D eigenvalue weighted by Crippen LogP contribution is -2.37. The number of aliphatic carboxylic acids is 1. The van der Waals surface area contributed by atoms with E-state index < -0.39 is 5.97 Å². The molecule has 1 N–H and O–H groups in total. The van der Waals surface area contributed by atoms with Gasteiger partial charge in [0.05, 0.1) is 0 Å². The molecular formula is C16H18FNO3. The van der Waals surface area contributed by atoms with Crippen LogP contribution in [0.3, 0.4) is 0 Å². The lowest BCUT2D eigenvalue weighted by atomic mass is 9.93. The molecule has 0 aromatic heterocycles. The van der Waals surface area contributed by atoms with Crippen molar-refractivity contribution in [1.29, 1.82) is 0 Å². The number of hydrogen-bond acceptors (Lipinski definition) is 2. The third kappa shape index (κ3) is 4.70. The molecule has 0 saturated carbocycles. The maximum absolute atomic E-state index is 12.8. The van der Waals surface area contributed by atoms with Crippen molar-refractivity contribution < 1.29 is 19.1 Å². The number of piperidine rings is 1. The van der Waals surface area contributed by atoms with Crippen molar-refractivity contribution in [1.82, 2.24) is 4.90 Å². The summed E-state index contributed by atoms with van der Waals surface area (Å²) in [5, 5.41) is 8.75. The zero-order valence-corrected chi connectivity index (χ0v) is 11.7. The first-order valence-corrected chi connectivity index (χ1v) is 6.99. The molecular weight excluding hydrogens is 273 g/mol. The molecule has 0 atom stereocenters. The molecule has 1 saturated heterocycles. The Morgan fingerprint density at radius 3 is 2.43 bits per heavy atom. The van der Waals surface area contributed by atoms with Gasteiger partial charge in [-0.2, -0.15) is 0 Å². The second kappa shape index (κ2) is 7.02. The first-order valence-electron chi connectivity index (χ1n) is 6.99. The Morgan fingerprint density at radius 1 is 1.24 bits per heavy atom. The maximum atomic E-state index is 12.8. The van der Waals surface area contributed by atoms with Gasteiger partial charge in [0.15, 0.2) is 0 Å². The van der Waals surface area contributed by atoms with E-state index in [0.717, 1.165) is 18.4 Å². The molecule has 0 unspecified atom stereocenters. The van der Waals surface area contributed by atoms with Crippen LogP contribution in [0.2, 0.25) is 0 Å². The fourth-order valence-electron chi connectivity index (χ4n) is 2.45. The summed E-state index contributed by atoms with van der Waals surface area (Å²) in [4.78, 5) is 24.4. The number of benzene rings is 1. The van der Waals surface area contributed by atoms with Gasteiger partial charge in [-0.3, -0.25) is 9.59 Å². The van der Waals surface area contributed by atoms with E-state index in [0.29, 0.717) is 13.1 Å². The van der Waals surface area contributed by atoms with E-state index in [2.05, 4.69) is 0 Å². The molecule has 1 aromatic rings. The number of carboxylic acid groups (broad SMARTS) is 1. The molecule has 1 fully saturated rings. The molecule has 1 aromatic carbocycles. The van der Waals surface area contributed by atoms with Crippen molar-refractivity contribution in [2.75, 3.05) is 13.1 Å². The van der Waals surface area contributed by atoms with E-state index in [9.17, 15) is 14.0 Å². The second-order valence-corrected chi connectivity index (χ2v) is 5.25. The number of amides is 1. The van der Waals surface area contributed by atoms with Crippen LogP contribution in [0.25, 0.3) is 6.08 Å². The zero-order valence-electron chi connectivity index (χ0n) is 11.7. The van der Waals surface area contributed by atoms with Crippen LogP contribution in [0.1, 0.15) is 24.8 Å². The Bertz CT molecular complexity index is 531. The lowest BCUT2D eigenvalue weighted by Gasteiger charge is -2.30. The summed E-state index contributed by atoms with van der Waals surface area (Å²) in [5.74, 6) is -1.02. The molecule has 0 aliphatic carbocycles. The third-order valence-corrected chi connectivity index (χ3v) is 3.68. The van der Waals surface area contributed by atoms with Gasteiger partial charge in [0.1, 0.15) is 5.82 Å². The van der Waals surface area contributed by atoms with Gasteiger partial charge in [-0.25, -0.2) is 4.39 Å². The zero-order chi connectivity index (χ0) is 15.2. The van der Waals surface area contributed by atoms with Crippen molar-refractivity contribution in [3.05, 3.63) is 41.7 Å². The minimum absolute atomic E-state index is 0.0897. The number of carboxylic acids is 1. The molecule has 4 nitrogen and oxygen atoms in total. The molecule has 0 bridgehead atoms. The van der Waals surface area contributed by atoms with Crippen molar-refractivity contribution in [2.24, 2.45) is 5.92 Å². The van der Waals surface area contributed by atoms with E-state index in [-0.39, 0.29) is 24.1 Å². The SMILES string of the molecule is O=C(O)CC1CCN(C(=O)C=Cc2ccc(F)cc2)CC1. The molecule has 112 valence electrons. The summed E-state index contributed by atoms with van der Waals surface area (Å²) in [7, 11) is 0. The first kappa shape index (κ1) is 15.2. The van der Waals surface area contributed by atoms with Crippen LogP contribution in [-0.2, 0) is 9.59 Å². The summed E-state index contributed by atoms with van der Waals surface area (Å²) >= 11 is 0. The van der Waals surface area contributed by atoms with Crippen LogP contribution in [0.4, 0.5) is 4.39 Å². The van der Waals surface area contributed by atoms with Crippen molar-refractivity contribution in [2.45, 2.75) is 19.3 Å². The summed E-state index contributed by atoms with van der Waals surface area (Å²) in [5.41, 5.74) is 0.769. The summed E-state index contributed by atoms with van der Waals surface area (Å²) in [6.07, 6.45) is 4.76. The highest BCUT2D eigenvalue weighted by molar-refractivity contribution is 5.91. The van der Waals surface area contributed by atoms with Crippen molar-refractivity contribution >= 4 is 18.0 Å². The average Bonchev–Trinajstić information content (AvgIpc) is 2.46. The maximum Gasteiger partial charge on any atom is 0.303 e. The predicted molar refractivity (Wildman–Crippen MR) is 77.0 cm³/mol. The Hall–Kier alpha value is -2.17. The van der Waals surface area contributed by atoms with Gasteiger partial charge in [0.2, 0.25) is 5.91 Å². The largest absolute Gasteiger partial charge is 0.481 e. The minimum atomic E-state index is -0.781. The number of carbonyl (C=O) groups excluding carboxylic acids is 1.